The van der Waals surface area contributed by atoms with Crippen molar-refractivity contribution in [2.45, 2.75) is 22.2 Å². The van der Waals surface area contributed by atoms with Crippen molar-refractivity contribution >= 4 is 50.5 Å². The van der Waals surface area contributed by atoms with Gasteiger partial charge in [0, 0.05) is 10.0 Å². The fourth-order valence-corrected chi connectivity index (χ4v) is 7.47. The fraction of sp³-hybridized carbons (Fsp3) is 0.364. The van der Waals surface area contributed by atoms with Gasteiger partial charge in [0.25, 0.3) is 0 Å². The number of carbonyl (C=O) groups is 2. The van der Waals surface area contributed by atoms with Crippen LogP contribution in [0.3, 0.4) is 0 Å². The number of methoxy groups -OCH3 is 4. The molecule has 0 radical (unpaired) electrons. The van der Waals surface area contributed by atoms with Crippen molar-refractivity contribution in [3.63, 3.8) is 0 Å². The second-order valence-electron chi connectivity index (χ2n) is 7.01. The summed E-state index contributed by atoms with van der Waals surface area (Å²) in [6.07, 6.45) is 1.66. The Morgan fingerprint density at radius 1 is 0.700 bits per heavy atom. The van der Waals surface area contributed by atoms with Crippen LogP contribution >= 0.6 is 15.9 Å². The normalized spacial score (nSPS) is 10.0. The summed E-state index contributed by atoms with van der Waals surface area (Å²) in [4.78, 5) is 28.4. The number of benzene rings is 2. The first-order valence-electron chi connectivity index (χ1n) is 8.75. The molecule has 30 heavy (non-hydrogen) atoms. The van der Waals surface area contributed by atoms with Crippen LogP contribution in [0.2, 0.25) is 14.8 Å². The van der Waals surface area contributed by atoms with Gasteiger partial charge in [0.05, 0.1) is 14.2 Å². The maximum absolute atomic E-state index is 11.1. The van der Waals surface area contributed by atoms with Gasteiger partial charge < -0.3 is 9.47 Å². The van der Waals surface area contributed by atoms with Gasteiger partial charge in [-0.05, 0) is 28.1 Å². The molecule has 8 heteroatoms. The van der Waals surface area contributed by atoms with E-state index in [1.54, 1.807) is 39.5 Å². The van der Waals surface area contributed by atoms with Crippen LogP contribution in [0, 0.1) is 0 Å². The quantitative estimate of drug-likeness (QED) is 0.335. The van der Waals surface area contributed by atoms with Crippen LogP contribution in [-0.2, 0) is 0 Å². The zero-order valence-corrected chi connectivity index (χ0v) is 22.2. The predicted octanol–water partition coefficient (Wildman–Crippen LogP) is 4.98. The summed E-state index contributed by atoms with van der Waals surface area (Å²) in [6, 6.07) is 7.04. The molecule has 0 aliphatic heterocycles. The SMILES string of the molecule is C.COc1cc(Br)c(C=O)cc1OC.COc1cc(C=O)[c]([Sn]([CH3])([CH3])[CH3])cc1OC. The second-order valence-corrected chi connectivity index (χ2v) is 22.2. The summed E-state index contributed by atoms with van der Waals surface area (Å²) < 4.78 is 22.4. The summed E-state index contributed by atoms with van der Waals surface area (Å²) in [5, 5.41) is 0. The van der Waals surface area contributed by atoms with E-state index in [1.165, 1.54) is 10.7 Å². The standard InChI is InChI=1S/C9H9BrO3.C9H9O3.CH4.3CH3.Sn/c1-12-8-3-6(5-11)7(10)4-9(8)13-2;1-11-8-4-3-7(6-10)5-9(8)12-2;;;;;/h3-5H,1-2H3;4-6H,1-2H3;1H4;3*1H3;. The minimum atomic E-state index is -2.29. The molecule has 0 N–H and O–H groups in total. The topological polar surface area (TPSA) is 71.1 Å². The van der Waals surface area contributed by atoms with Gasteiger partial charge >= 0.3 is 101 Å². The number of carbonyl (C=O) groups excluding carboxylic acids is 2. The van der Waals surface area contributed by atoms with Crippen LogP contribution in [0.4, 0.5) is 0 Å². The third-order valence-corrected chi connectivity index (χ3v) is 10.7. The van der Waals surface area contributed by atoms with Crippen LogP contribution in [0.1, 0.15) is 28.1 Å². The summed E-state index contributed by atoms with van der Waals surface area (Å²) in [6.45, 7) is 0. The van der Waals surface area contributed by atoms with Crippen molar-refractivity contribution in [2.75, 3.05) is 28.4 Å². The first-order valence-corrected chi connectivity index (χ1v) is 19.5. The van der Waals surface area contributed by atoms with Crippen molar-refractivity contribution < 1.29 is 28.5 Å². The van der Waals surface area contributed by atoms with E-state index in [0.717, 1.165) is 18.1 Å². The van der Waals surface area contributed by atoms with Gasteiger partial charge in [-0.3, -0.25) is 4.79 Å². The van der Waals surface area contributed by atoms with Crippen LogP contribution in [0.15, 0.2) is 28.7 Å². The predicted molar refractivity (Wildman–Crippen MR) is 127 cm³/mol. The molecule has 0 atom stereocenters. The minimum absolute atomic E-state index is 0. The van der Waals surface area contributed by atoms with Crippen LogP contribution < -0.4 is 22.5 Å². The molecule has 0 aliphatic rings. The van der Waals surface area contributed by atoms with Gasteiger partial charge in [-0.1, -0.05) is 7.43 Å². The van der Waals surface area contributed by atoms with Crippen LogP contribution in [-0.4, -0.2) is 59.4 Å². The van der Waals surface area contributed by atoms with Gasteiger partial charge in [-0.2, -0.15) is 0 Å². The molecule has 0 saturated heterocycles. The fourth-order valence-electron chi connectivity index (χ4n) is 2.60. The van der Waals surface area contributed by atoms with Gasteiger partial charge in [0.15, 0.2) is 17.8 Å². The van der Waals surface area contributed by atoms with Gasteiger partial charge in [-0.15, -0.1) is 0 Å². The molecule has 0 aromatic heterocycles. The Kier molecular flexibility index (Phi) is 12.1. The van der Waals surface area contributed by atoms with Crippen molar-refractivity contribution in [1.82, 2.24) is 0 Å². The van der Waals surface area contributed by atoms with Crippen LogP contribution in [0.5, 0.6) is 23.0 Å². The molecule has 0 fully saturated rings. The van der Waals surface area contributed by atoms with E-state index in [9.17, 15) is 9.59 Å². The third-order valence-electron chi connectivity index (χ3n) is 4.12. The van der Waals surface area contributed by atoms with E-state index in [-0.39, 0.29) is 7.43 Å². The van der Waals surface area contributed by atoms with E-state index < -0.39 is 18.4 Å². The molecule has 2 aromatic carbocycles. The number of hydrogen-bond donors (Lipinski definition) is 0. The van der Waals surface area contributed by atoms with Crippen molar-refractivity contribution in [1.29, 1.82) is 0 Å². The number of hydrogen-bond acceptors (Lipinski definition) is 6. The van der Waals surface area contributed by atoms with E-state index in [1.807, 2.05) is 6.07 Å². The Morgan fingerprint density at radius 2 is 1.07 bits per heavy atom. The molecule has 0 heterocycles. The summed E-state index contributed by atoms with van der Waals surface area (Å²) in [7, 11) is 6.26. The second kappa shape index (κ2) is 12.8. The molecule has 6 nitrogen and oxygen atoms in total. The summed E-state index contributed by atoms with van der Waals surface area (Å²) in [5.74, 6) is 2.46. The Bertz CT molecular complexity index is 862. The molecule has 2 aromatic rings. The summed E-state index contributed by atoms with van der Waals surface area (Å²) in [5.41, 5.74) is 1.28. The van der Waals surface area contributed by atoms with Crippen molar-refractivity contribution in [3.8, 4) is 23.0 Å². The van der Waals surface area contributed by atoms with E-state index in [0.29, 0.717) is 33.0 Å². The number of aldehydes is 2. The third kappa shape index (κ3) is 7.19. The van der Waals surface area contributed by atoms with Gasteiger partial charge in [0.1, 0.15) is 0 Å². The monoisotopic (exact) mass is 590 g/mol. The maximum atomic E-state index is 11.1. The zero-order valence-electron chi connectivity index (χ0n) is 17.8. The molecule has 2 rings (SSSR count). The Morgan fingerprint density at radius 3 is 1.43 bits per heavy atom. The number of ether oxygens (including phenoxy) is 4. The van der Waals surface area contributed by atoms with Crippen LogP contribution in [0.25, 0.3) is 0 Å². The Labute approximate surface area is 191 Å². The van der Waals surface area contributed by atoms with E-state index in [4.69, 9.17) is 18.9 Å². The molecule has 0 spiro atoms. The average Bonchev–Trinajstić information content (AvgIpc) is 2.71. The Hall–Kier alpha value is -1.74. The number of halogens is 1. The summed E-state index contributed by atoms with van der Waals surface area (Å²) >= 11 is 0.954. The average molecular weight is 590 g/mol. The van der Waals surface area contributed by atoms with Gasteiger partial charge in [0.2, 0.25) is 0 Å². The molecular formula is C22H31BrO6Sn. The number of rotatable bonds is 7. The van der Waals surface area contributed by atoms with Gasteiger partial charge in [-0.25, -0.2) is 0 Å². The van der Waals surface area contributed by atoms with E-state index >= 15 is 0 Å². The molecule has 166 valence electrons. The molecular weight excluding hydrogens is 559 g/mol. The molecule has 0 saturated carbocycles. The zero-order chi connectivity index (χ0) is 22.2. The Balaban J connectivity index is 0.000000553. The first kappa shape index (κ1) is 28.3. The molecule has 0 bridgehead atoms. The van der Waals surface area contributed by atoms with Crippen molar-refractivity contribution in [2.24, 2.45) is 0 Å². The molecule has 0 aliphatic carbocycles. The molecule has 0 unspecified atom stereocenters. The first-order chi connectivity index (χ1) is 13.7. The molecule has 0 amide bonds. The van der Waals surface area contributed by atoms with E-state index in [2.05, 4.69) is 30.7 Å². The van der Waals surface area contributed by atoms with Crippen molar-refractivity contribution in [3.05, 3.63) is 39.9 Å².